The minimum absolute atomic E-state index is 0.449. The average molecular weight is 207 g/mol. The van der Waals surface area contributed by atoms with E-state index >= 15 is 0 Å². The zero-order chi connectivity index (χ0) is 7.33. The maximum Gasteiger partial charge on any atom is 0.198 e. The quantitative estimate of drug-likeness (QED) is 0.389. The van der Waals surface area contributed by atoms with Crippen molar-refractivity contribution in [2.24, 2.45) is 0 Å². The van der Waals surface area contributed by atoms with E-state index in [1.165, 1.54) is 0 Å². The lowest BCUT2D eigenvalue weighted by Crippen LogP contribution is -2.32. The lowest BCUT2D eigenvalue weighted by Gasteiger charge is -2.17. The fourth-order valence-electron chi connectivity index (χ4n) is 0.276. The summed E-state index contributed by atoms with van der Waals surface area (Å²) < 4.78 is 5.38. The second-order valence-electron chi connectivity index (χ2n) is 2.39. The third-order valence-corrected chi connectivity index (χ3v) is 6.49. The van der Waals surface area contributed by atoms with Crippen molar-refractivity contribution >= 4 is 24.2 Å². The lowest BCUT2D eigenvalue weighted by atomic mass is 10.8. The van der Waals surface area contributed by atoms with Crippen LogP contribution in [-0.4, -0.2) is 19.9 Å². The van der Waals surface area contributed by atoms with E-state index in [0.29, 0.717) is 6.61 Å². The van der Waals surface area contributed by atoms with Crippen LogP contribution in [0.1, 0.15) is 0 Å². The van der Waals surface area contributed by atoms with Gasteiger partial charge in [0.15, 0.2) is 8.32 Å². The van der Waals surface area contributed by atoms with E-state index < -0.39 is 8.32 Å². The highest BCUT2D eigenvalue weighted by Gasteiger charge is 2.19. The van der Waals surface area contributed by atoms with Crippen LogP contribution in [0.2, 0.25) is 13.1 Å². The summed E-state index contributed by atoms with van der Waals surface area (Å²) >= 11 is 3.37. The number of hydrogen-bond donors (Lipinski definition) is 0. The summed E-state index contributed by atoms with van der Waals surface area (Å²) in [7, 11) is -1.42. The molecule has 0 saturated carbocycles. The van der Waals surface area contributed by atoms with Crippen LogP contribution in [0.15, 0.2) is 0 Å². The van der Waals surface area contributed by atoms with Crippen molar-refractivity contribution in [3.63, 3.8) is 0 Å². The number of hydrogen-bond acceptors (Lipinski definition) is 1. The van der Waals surface area contributed by atoms with Crippen LogP contribution in [-0.2, 0) is 4.43 Å². The number of terminal acetylenes is 1. The Balaban J connectivity index is 3.48. The largest absolute Gasteiger partial charge is 0.406 e. The van der Waals surface area contributed by atoms with Crippen LogP contribution in [0.25, 0.3) is 0 Å². The summed E-state index contributed by atoms with van der Waals surface area (Å²) in [4.78, 5) is 0.946. The number of halogens is 1. The van der Waals surface area contributed by atoms with Gasteiger partial charge < -0.3 is 4.43 Å². The van der Waals surface area contributed by atoms with Crippen molar-refractivity contribution < 1.29 is 4.43 Å². The van der Waals surface area contributed by atoms with Crippen LogP contribution in [0, 0.1) is 12.3 Å². The molecule has 0 aromatic heterocycles. The van der Waals surface area contributed by atoms with Crippen molar-refractivity contribution in [3.05, 3.63) is 0 Å². The molecule has 3 heteroatoms. The van der Waals surface area contributed by atoms with Crippen molar-refractivity contribution in [2.45, 2.75) is 13.1 Å². The van der Waals surface area contributed by atoms with E-state index in [0.717, 1.165) is 4.95 Å². The first kappa shape index (κ1) is 9.22. The van der Waals surface area contributed by atoms with Crippen molar-refractivity contribution in [1.29, 1.82) is 0 Å². The van der Waals surface area contributed by atoms with Gasteiger partial charge in [0.2, 0.25) is 0 Å². The van der Waals surface area contributed by atoms with Crippen LogP contribution in [0.5, 0.6) is 0 Å². The third-order valence-electron chi connectivity index (χ3n) is 0.868. The first-order chi connectivity index (χ1) is 4.12. The molecule has 0 aliphatic carbocycles. The first-order valence-electron chi connectivity index (χ1n) is 2.76. The maximum atomic E-state index is 5.38. The van der Waals surface area contributed by atoms with Gasteiger partial charge in [0, 0.05) is 4.95 Å². The van der Waals surface area contributed by atoms with Gasteiger partial charge in [-0.25, -0.2) is 0 Å². The maximum absolute atomic E-state index is 5.38. The molecular weight excluding hydrogens is 196 g/mol. The Labute approximate surface area is 66.0 Å². The summed E-state index contributed by atoms with van der Waals surface area (Å²) in [6.07, 6.45) is 5.02. The van der Waals surface area contributed by atoms with Gasteiger partial charge in [-0.2, -0.15) is 0 Å². The monoisotopic (exact) mass is 206 g/mol. The molecule has 0 bridgehead atoms. The fourth-order valence-corrected chi connectivity index (χ4v) is 1.31. The molecule has 0 saturated heterocycles. The molecule has 0 N–H and O–H groups in total. The van der Waals surface area contributed by atoms with Gasteiger partial charge in [0.1, 0.15) is 0 Å². The molecule has 0 atom stereocenters. The molecule has 0 aromatic carbocycles. The predicted molar refractivity (Wildman–Crippen MR) is 46.1 cm³/mol. The van der Waals surface area contributed by atoms with Gasteiger partial charge in [-0.3, -0.25) is 0 Å². The van der Waals surface area contributed by atoms with Gasteiger partial charge in [0.05, 0.1) is 6.61 Å². The van der Waals surface area contributed by atoms with Gasteiger partial charge in [0.25, 0.3) is 0 Å². The highest BCUT2D eigenvalue weighted by atomic mass is 79.9. The topological polar surface area (TPSA) is 9.23 Å². The summed E-state index contributed by atoms with van der Waals surface area (Å²) in [5.41, 5.74) is 0. The second kappa shape index (κ2) is 4.10. The predicted octanol–water partition coefficient (Wildman–Crippen LogP) is 1.78. The van der Waals surface area contributed by atoms with Crippen molar-refractivity contribution in [3.8, 4) is 12.3 Å². The number of alkyl halides is 1. The molecule has 0 rings (SSSR count). The molecular formula is C6H11BrOSi. The smallest absolute Gasteiger partial charge is 0.198 e. The molecule has 9 heavy (non-hydrogen) atoms. The molecule has 0 aliphatic rings. The Morgan fingerprint density at radius 3 is 2.56 bits per heavy atom. The fraction of sp³-hybridized carbons (Fsp3) is 0.667. The zero-order valence-electron chi connectivity index (χ0n) is 5.78. The van der Waals surface area contributed by atoms with E-state index in [1.54, 1.807) is 0 Å². The molecule has 0 heterocycles. The molecule has 1 nitrogen and oxygen atoms in total. The van der Waals surface area contributed by atoms with E-state index in [9.17, 15) is 0 Å². The highest BCUT2D eigenvalue weighted by molar-refractivity contribution is 9.09. The Morgan fingerprint density at radius 2 is 2.22 bits per heavy atom. The van der Waals surface area contributed by atoms with E-state index in [-0.39, 0.29) is 0 Å². The summed E-state index contributed by atoms with van der Waals surface area (Å²) in [5.74, 6) is 2.45. The van der Waals surface area contributed by atoms with E-state index in [1.807, 2.05) is 0 Å². The molecule has 0 aliphatic heterocycles. The third kappa shape index (κ3) is 4.70. The van der Waals surface area contributed by atoms with Crippen LogP contribution in [0.3, 0.4) is 0 Å². The zero-order valence-corrected chi connectivity index (χ0v) is 8.36. The minimum atomic E-state index is -1.42. The molecule has 0 amide bonds. The van der Waals surface area contributed by atoms with E-state index in [4.69, 9.17) is 10.8 Å². The Morgan fingerprint density at radius 1 is 1.67 bits per heavy atom. The highest BCUT2D eigenvalue weighted by Crippen LogP contribution is 2.06. The molecule has 0 fully saturated rings. The number of rotatable bonds is 3. The molecule has 0 spiro atoms. The molecule has 52 valence electrons. The first-order valence-corrected chi connectivity index (χ1v) is 6.99. The Kier molecular flexibility index (Phi) is 4.20. The van der Waals surface area contributed by atoms with Crippen LogP contribution >= 0.6 is 15.9 Å². The SMILES string of the molecule is C#CCO[Si](C)(C)CBr. The summed E-state index contributed by atoms with van der Waals surface area (Å²) in [6, 6.07) is 0. The average Bonchev–Trinajstić information content (AvgIpc) is 1.84. The Bertz CT molecular complexity index is 117. The molecule has 0 unspecified atom stereocenters. The summed E-state index contributed by atoms with van der Waals surface area (Å²) in [6.45, 7) is 4.70. The second-order valence-corrected chi connectivity index (χ2v) is 8.14. The van der Waals surface area contributed by atoms with Gasteiger partial charge >= 0.3 is 0 Å². The van der Waals surface area contributed by atoms with Gasteiger partial charge in [-0.15, -0.1) is 6.42 Å². The molecule has 0 aromatic rings. The van der Waals surface area contributed by atoms with E-state index in [2.05, 4.69) is 34.9 Å². The lowest BCUT2D eigenvalue weighted by molar-refractivity contribution is 0.365. The minimum Gasteiger partial charge on any atom is -0.406 e. The van der Waals surface area contributed by atoms with Gasteiger partial charge in [-0.05, 0) is 13.1 Å². The van der Waals surface area contributed by atoms with Crippen LogP contribution < -0.4 is 0 Å². The van der Waals surface area contributed by atoms with Crippen molar-refractivity contribution in [2.75, 3.05) is 11.6 Å². The van der Waals surface area contributed by atoms with Crippen LogP contribution in [0.4, 0.5) is 0 Å². The summed E-state index contributed by atoms with van der Waals surface area (Å²) in [5, 5.41) is 0. The standard InChI is InChI=1S/C6H11BrOSi/c1-4-5-8-9(2,3)6-7/h1H,5-6H2,2-3H3. The Hall–Kier alpha value is 0.217. The molecule has 0 radical (unpaired) electrons. The van der Waals surface area contributed by atoms with Crippen molar-refractivity contribution in [1.82, 2.24) is 0 Å². The normalized spacial score (nSPS) is 10.9. The van der Waals surface area contributed by atoms with Gasteiger partial charge in [-0.1, -0.05) is 21.9 Å².